The summed E-state index contributed by atoms with van der Waals surface area (Å²) < 4.78 is 7.13. The van der Waals surface area contributed by atoms with E-state index in [2.05, 4.69) is 26.1 Å². The minimum Gasteiger partial charge on any atom is -0.487 e. The van der Waals surface area contributed by atoms with E-state index in [4.69, 9.17) is 4.74 Å². The summed E-state index contributed by atoms with van der Waals surface area (Å²) in [5.41, 5.74) is 3.31. The van der Waals surface area contributed by atoms with Gasteiger partial charge in [-0.1, -0.05) is 42.5 Å². The Hall–Kier alpha value is -4.29. The number of fused-ring (bicyclic) bond motifs is 2. The number of nitrogens with zero attached hydrogens (tertiary/aromatic N) is 5. The lowest BCUT2D eigenvalue weighted by Crippen LogP contribution is -2.16. The second-order valence-corrected chi connectivity index (χ2v) is 8.30. The number of nitrogens with one attached hydrogen (secondary N) is 1. The molecule has 9 heteroatoms. The van der Waals surface area contributed by atoms with Crippen LogP contribution in [0.3, 0.4) is 0 Å². The zero-order valence-electron chi connectivity index (χ0n) is 17.6. The molecule has 0 spiro atoms. The average molecular weight is 455 g/mol. The number of hydrogen-bond acceptors (Lipinski definition) is 7. The molecule has 0 bridgehead atoms. The standard InChI is InChI=1S/C24H18N6O2S/c1-2-21-29-30-22(31)12-17(26-24(30)33-21)14-32-18-9-7-15(8-10-18)11-16(13-25)23-27-19-5-3-4-6-20(19)28-23/h3-12H,2,14H2,1H3,(H,27,28)/b16-11+. The van der Waals surface area contributed by atoms with E-state index in [0.717, 1.165) is 28.0 Å². The maximum Gasteiger partial charge on any atom is 0.275 e. The van der Waals surface area contributed by atoms with Gasteiger partial charge in [0.05, 0.1) is 22.3 Å². The van der Waals surface area contributed by atoms with E-state index in [1.807, 2.05) is 55.5 Å². The van der Waals surface area contributed by atoms with Gasteiger partial charge in [-0.2, -0.15) is 14.9 Å². The zero-order chi connectivity index (χ0) is 22.8. The van der Waals surface area contributed by atoms with Gasteiger partial charge in [0, 0.05) is 6.07 Å². The number of aromatic nitrogens is 5. The van der Waals surface area contributed by atoms with E-state index in [0.29, 0.717) is 27.8 Å². The lowest BCUT2D eigenvalue weighted by Gasteiger charge is -2.06. The van der Waals surface area contributed by atoms with Gasteiger partial charge >= 0.3 is 0 Å². The van der Waals surface area contributed by atoms with Gasteiger partial charge in [-0.05, 0) is 42.3 Å². The van der Waals surface area contributed by atoms with Crippen LogP contribution in [-0.4, -0.2) is 24.6 Å². The first-order valence-corrected chi connectivity index (χ1v) is 11.1. The summed E-state index contributed by atoms with van der Waals surface area (Å²) in [6.45, 7) is 2.16. The molecule has 0 unspecified atom stereocenters. The van der Waals surface area contributed by atoms with Gasteiger partial charge in [0.25, 0.3) is 5.56 Å². The van der Waals surface area contributed by atoms with E-state index in [9.17, 15) is 10.1 Å². The van der Waals surface area contributed by atoms with Crippen LogP contribution in [0.25, 0.3) is 27.6 Å². The second kappa shape index (κ2) is 8.68. The largest absolute Gasteiger partial charge is 0.487 e. The van der Waals surface area contributed by atoms with Crippen LogP contribution in [0, 0.1) is 11.3 Å². The number of H-pyrrole nitrogens is 1. The van der Waals surface area contributed by atoms with Gasteiger partial charge in [0.15, 0.2) is 0 Å². The lowest BCUT2D eigenvalue weighted by molar-refractivity contribution is 0.301. The van der Waals surface area contributed by atoms with Gasteiger partial charge in [0.1, 0.15) is 29.3 Å². The molecule has 0 radical (unpaired) electrons. The van der Waals surface area contributed by atoms with E-state index >= 15 is 0 Å². The Bertz CT molecular complexity index is 1550. The number of imidazole rings is 1. The molecule has 0 amide bonds. The lowest BCUT2D eigenvalue weighted by atomic mass is 10.1. The van der Waals surface area contributed by atoms with Crippen LogP contribution in [0.15, 0.2) is 59.4 Å². The van der Waals surface area contributed by atoms with E-state index < -0.39 is 0 Å². The molecule has 162 valence electrons. The monoisotopic (exact) mass is 454 g/mol. The number of aromatic amines is 1. The molecule has 33 heavy (non-hydrogen) atoms. The molecule has 2 aromatic carbocycles. The Kier molecular flexibility index (Phi) is 5.42. The highest BCUT2D eigenvalue weighted by Crippen LogP contribution is 2.21. The first-order valence-electron chi connectivity index (χ1n) is 10.3. The quantitative estimate of drug-likeness (QED) is 0.385. The van der Waals surface area contributed by atoms with Crippen molar-refractivity contribution in [2.75, 3.05) is 0 Å². The Morgan fingerprint density at radius 2 is 2.03 bits per heavy atom. The Morgan fingerprint density at radius 3 is 2.79 bits per heavy atom. The highest BCUT2D eigenvalue weighted by molar-refractivity contribution is 7.16. The minimum absolute atomic E-state index is 0.169. The number of hydrogen-bond donors (Lipinski definition) is 1. The van der Waals surface area contributed by atoms with Crippen molar-refractivity contribution in [1.29, 1.82) is 5.26 Å². The normalized spacial score (nSPS) is 11.7. The number of aryl methyl sites for hydroxylation is 1. The second-order valence-electron chi connectivity index (χ2n) is 7.26. The van der Waals surface area contributed by atoms with Gasteiger partial charge in [-0.3, -0.25) is 4.79 Å². The SMILES string of the molecule is CCc1nn2c(=O)cc(COc3ccc(/C=C(\C#N)c4nc5ccccc5[nH]4)cc3)nc2s1. The van der Waals surface area contributed by atoms with E-state index in [-0.39, 0.29) is 12.2 Å². The smallest absolute Gasteiger partial charge is 0.275 e. The third-order valence-electron chi connectivity index (χ3n) is 4.99. The predicted octanol–water partition coefficient (Wildman–Crippen LogP) is 4.23. The van der Waals surface area contributed by atoms with Crippen molar-refractivity contribution in [2.24, 2.45) is 0 Å². The molecular formula is C24H18N6O2S. The summed E-state index contributed by atoms with van der Waals surface area (Å²) in [5.74, 6) is 1.16. The summed E-state index contributed by atoms with van der Waals surface area (Å²) in [7, 11) is 0. The van der Waals surface area contributed by atoms with Crippen molar-refractivity contribution in [1.82, 2.24) is 24.6 Å². The molecule has 8 nitrogen and oxygen atoms in total. The molecule has 0 fully saturated rings. The van der Waals surface area contributed by atoms with Crippen LogP contribution < -0.4 is 10.3 Å². The van der Waals surface area contributed by atoms with Crippen molar-refractivity contribution >= 4 is 39.0 Å². The third-order valence-corrected chi connectivity index (χ3v) is 6.04. The highest BCUT2D eigenvalue weighted by Gasteiger charge is 2.10. The highest BCUT2D eigenvalue weighted by atomic mass is 32.1. The van der Waals surface area contributed by atoms with Crippen LogP contribution in [0.1, 0.15) is 29.0 Å². The maximum absolute atomic E-state index is 12.3. The molecule has 0 aliphatic heterocycles. The van der Waals surface area contributed by atoms with Crippen LogP contribution in [0.2, 0.25) is 0 Å². The topological polar surface area (TPSA) is 109 Å². The number of nitriles is 1. The number of benzene rings is 2. The molecule has 0 aliphatic rings. The third kappa shape index (κ3) is 4.24. The fraction of sp³-hybridized carbons (Fsp3) is 0.125. The molecule has 0 aliphatic carbocycles. The molecule has 5 rings (SSSR count). The number of para-hydroxylation sites is 2. The summed E-state index contributed by atoms with van der Waals surface area (Å²) in [6, 6.07) is 18.6. The fourth-order valence-corrected chi connectivity index (χ4v) is 4.19. The van der Waals surface area contributed by atoms with Gasteiger partial charge in [-0.15, -0.1) is 0 Å². The van der Waals surface area contributed by atoms with Crippen molar-refractivity contribution in [3.8, 4) is 11.8 Å². The van der Waals surface area contributed by atoms with Crippen LogP contribution in [0.5, 0.6) is 5.75 Å². The zero-order valence-corrected chi connectivity index (χ0v) is 18.5. The molecule has 0 atom stereocenters. The Balaban J connectivity index is 1.31. The minimum atomic E-state index is -0.218. The average Bonchev–Trinajstić information content (AvgIpc) is 3.46. The van der Waals surface area contributed by atoms with Crippen molar-refractivity contribution < 1.29 is 4.74 Å². The van der Waals surface area contributed by atoms with Gasteiger partial charge in [0.2, 0.25) is 4.96 Å². The molecule has 5 aromatic rings. The molecule has 0 saturated heterocycles. The number of allylic oxidation sites excluding steroid dienone is 1. The first-order chi connectivity index (χ1) is 16.1. The molecular weight excluding hydrogens is 436 g/mol. The fourth-order valence-electron chi connectivity index (χ4n) is 3.33. The molecule has 0 saturated carbocycles. The Labute approximate surface area is 192 Å². The van der Waals surface area contributed by atoms with Crippen LogP contribution in [0.4, 0.5) is 0 Å². The Morgan fingerprint density at radius 1 is 1.21 bits per heavy atom. The molecule has 1 N–H and O–H groups in total. The summed E-state index contributed by atoms with van der Waals surface area (Å²) in [5, 5.41) is 14.7. The molecule has 3 aromatic heterocycles. The van der Waals surface area contributed by atoms with Crippen LogP contribution >= 0.6 is 11.3 Å². The van der Waals surface area contributed by atoms with Gasteiger partial charge < -0.3 is 9.72 Å². The van der Waals surface area contributed by atoms with Crippen molar-refractivity contribution in [2.45, 2.75) is 20.0 Å². The summed E-state index contributed by atoms with van der Waals surface area (Å²) >= 11 is 1.40. The van der Waals surface area contributed by atoms with Crippen molar-refractivity contribution in [3.63, 3.8) is 0 Å². The van der Waals surface area contributed by atoms with Crippen LogP contribution in [-0.2, 0) is 13.0 Å². The molecule has 3 heterocycles. The van der Waals surface area contributed by atoms with E-state index in [1.165, 1.54) is 21.9 Å². The number of ether oxygens (including phenoxy) is 1. The number of rotatable bonds is 6. The summed E-state index contributed by atoms with van der Waals surface area (Å²) in [6.07, 6.45) is 2.52. The first kappa shape index (κ1) is 20.6. The predicted molar refractivity (Wildman–Crippen MR) is 127 cm³/mol. The summed E-state index contributed by atoms with van der Waals surface area (Å²) in [4.78, 5) is 25.0. The van der Waals surface area contributed by atoms with E-state index in [1.54, 1.807) is 6.08 Å². The van der Waals surface area contributed by atoms with Gasteiger partial charge in [-0.25, -0.2) is 9.97 Å². The van der Waals surface area contributed by atoms with Crippen molar-refractivity contribution in [3.05, 3.63) is 87.0 Å². The maximum atomic E-state index is 12.3.